The van der Waals surface area contributed by atoms with Crippen molar-refractivity contribution >= 4 is 23.1 Å². The third-order valence-corrected chi connectivity index (χ3v) is 2.04. The lowest BCUT2D eigenvalue weighted by atomic mass is 10.3. The third kappa shape index (κ3) is 2.65. The van der Waals surface area contributed by atoms with E-state index < -0.39 is 17.5 Å². The Bertz CT molecular complexity index is 539. The van der Waals surface area contributed by atoms with Crippen molar-refractivity contribution in [1.29, 1.82) is 0 Å². The molecule has 0 unspecified atom stereocenters. The zero-order chi connectivity index (χ0) is 12.4. The lowest BCUT2D eigenvalue weighted by Gasteiger charge is -2.06. The largest absolute Gasteiger partial charge is 0.339 e. The van der Waals surface area contributed by atoms with Crippen LogP contribution in [0.25, 0.3) is 0 Å². The molecule has 0 saturated carbocycles. The number of hydrogen-bond acceptors (Lipinski definition) is 3. The van der Waals surface area contributed by atoms with E-state index in [1.807, 2.05) is 0 Å². The van der Waals surface area contributed by atoms with Gasteiger partial charge in [-0.3, -0.25) is 4.98 Å². The van der Waals surface area contributed by atoms with Gasteiger partial charge in [-0.25, -0.2) is 18.2 Å². The van der Waals surface area contributed by atoms with Crippen LogP contribution in [0.3, 0.4) is 0 Å². The number of nitrogens with one attached hydrogen (secondary N) is 1. The van der Waals surface area contributed by atoms with E-state index in [0.717, 1.165) is 12.1 Å². The molecule has 0 aliphatic rings. The Labute approximate surface area is 99.3 Å². The molecule has 0 aliphatic carbocycles. The van der Waals surface area contributed by atoms with Gasteiger partial charge in [0.05, 0.1) is 12.4 Å². The zero-order valence-electron chi connectivity index (χ0n) is 8.22. The van der Waals surface area contributed by atoms with Crippen molar-refractivity contribution < 1.29 is 13.2 Å². The van der Waals surface area contributed by atoms with Gasteiger partial charge in [-0.05, 0) is 0 Å². The molecule has 0 saturated heterocycles. The second-order valence-corrected chi connectivity index (χ2v) is 3.49. The van der Waals surface area contributed by atoms with E-state index in [0.29, 0.717) is 0 Å². The van der Waals surface area contributed by atoms with Crippen molar-refractivity contribution in [2.45, 2.75) is 0 Å². The molecule has 0 aliphatic heterocycles. The van der Waals surface area contributed by atoms with Gasteiger partial charge in [-0.1, -0.05) is 11.6 Å². The van der Waals surface area contributed by atoms with Crippen molar-refractivity contribution in [3.05, 3.63) is 47.1 Å². The second-order valence-electron chi connectivity index (χ2n) is 3.11. The molecule has 2 rings (SSSR count). The highest BCUT2D eigenvalue weighted by Crippen LogP contribution is 2.20. The average molecular weight is 260 g/mol. The zero-order valence-corrected chi connectivity index (χ0v) is 8.97. The number of hydrogen-bond donors (Lipinski definition) is 1. The van der Waals surface area contributed by atoms with E-state index in [1.54, 1.807) is 0 Å². The maximum Gasteiger partial charge on any atom is 0.194 e. The summed E-state index contributed by atoms with van der Waals surface area (Å²) in [5, 5.41) is 2.67. The number of aromatic nitrogens is 2. The van der Waals surface area contributed by atoms with Crippen LogP contribution < -0.4 is 5.32 Å². The van der Waals surface area contributed by atoms with Gasteiger partial charge < -0.3 is 5.32 Å². The van der Waals surface area contributed by atoms with Crippen molar-refractivity contribution in [2.75, 3.05) is 5.32 Å². The number of halogens is 4. The Kier molecular flexibility index (Phi) is 3.14. The minimum atomic E-state index is -1.52. The normalized spacial score (nSPS) is 10.4. The van der Waals surface area contributed by atoms with Gasteiger partial charge in [0, 0.05) is 17.8 Å². The van der Waals surface area contributed by atoms with E-state index in [2.05, 4.69) is 15.3 Å². The maximum absolute atomic E-state index is 12.9. The van der Waals surface area contributed by atoms with Crippen molar-refractivity contribution in [2.24, 2.45) is 0 Å². The standard InChI is InChI=1S/C10H5ClF3N3/c11-8-3-15-4-9(17-8)16-5-1-6(12)10(14)7(13)2-5/h1-4H,(H,16,17). The topological polar surface area (TPSA) is 37.8 Å². The molecule has 1 heterocycles. The predicted molar refractivity (Wildman–Crippen MR) is 56.6 cm³/mol. The van der Waals surface area contributed by atoms with Gasteiger partial charge in [0.25, 0.3) is 0 Å². The van der Waals surface area contributed by atoms with Crippen LogP contribution >= 0.6 is 11.6 Å². The van der Waals surface area contributed by atoms with E-state index in [9.17, 15) is 13.2 Å². The van der Waals surface area contributed by atoms with Crippen LogP contribution in [0.15, 0.2) is 24.5 Å². The summed E-state index contributed by atoms with van der Waals surface area (Å²) < 4.78 is 38.5. The van der Waals surface area contributed by atoms with Crippen LogP contribution in [-0.2, 0) is 0 Å². The van der Waals surface area contributed by atoms with E-state index in [1.165, 1.54) is 12.4 Å². The Morgan fingerprint density at radius 3 is 2.29 bits per heavy atom. The fourth-order valence-electron chi connectivity index (χ4n) is 1.18. The molecule has 1 aromatic carbocycles. The summed E-state index contributed by atoms with van der Waals surface area (Å²) in [6.45, 7) is 0. The van der Waals surface area contributed by atoms with Crippen LogP contribution in [0.2, 0.25) is 5.15 Å². The first-order valence-corrected chi connectivity index (χ1v) is 4.83. The van der Waals surface area contributed by atoms with Crippen LogP contribution in [0.4, 0.5) is 24.7 Å². The second kappa shape index (κ2) is 4.58. The first kappa shape index (κ1) is 11.7. The van der Waals surface area contributed by atoms with Gasteiger partial charge in [0.1, 0.15) is 5.15 Å². The van der Waals surface area contributed by atoms with Crippen LogP contribution in [0.5, 0.6) is 0 Å². The van der Waals surface area contributed by atoms with E-state index in [4.69, 9.17) is 11.6 Å². The summed E-state index contributed by atoms with van der Waals surface area (Å²) in [5.41, 5.74) is 0.0120. The molecule has 0 bridgehead atoms. The van der Waals surface area contributed by atoms with Crippen molar-refractivity contribution in [3.8, 4) is 0 Å². The SMILES string of the molecule is Fc1cc(Nc2cncc(Cl)n2)cc(F)c1F. The molecule has 2 aromatic rings. The molecule has 3 nitrogen and oxygen atoms in total. The minimum absolute atomic E-state index is 0.0120. The van der Waals surface area contributed by atoms with Gasteiger partial charge in [-0.15, -0.1) is 0 Å². The molecular formula is C10H5ClF3N3. The molecule has 88 valence electrons. The molecule has 7 heteroatoms. The molecule has 0 amide bonds. The summed E-state index contributed by atoms with van der Waals surface area (Å²) >= 11 is 5.58. The van der Waals surface area contributed by atoms with E-state index >= 15 is 0 Å². The lowest BCUT2D eigenvalue weighted by molar-refractivity contribution is 0.448. The fourth-order valence-corrected chi connectivity index (χ4v) is 1.33. The summed E-state index contributed by atoms with van der Waals surface area (Å²) in [5.74, 6) is -3.90. The molecule has 0 fully saturated rings. The van der Waals surface area contributed by atoms with Crippen molar-refractivity contribution in [3.63, 3.8) is 0 Å². The predicted octanol–water partition coefficient (Wildman–Crippen LogP) is 3.29. The minimum Gasteiger partial charge on any atom is -0.339 e. The summed E-state index contributed by atoms with van der Waals surface area (Å²) in [7, 11) is 0. The van der Waals surface area contributed by atoms with Gasteiger partial charge in [0.15, 0.2) is 23.3 Å². The maximum atomic E-state index is 12.9. The number of benzene rings is 1. The van der Waals surface area contributed by atoms with Crippen LogP contribution in [-0.4, -0.2) is 9.97 Å². The number of nitrogens with zero attached hydrogens (tertiary/aromatic N) is 2. The van der Waals surface area contributed by atoms with Gasteiger partial charge >= 0.3 is 0 Å². The number of rotatable bonds is 2. The summed E-state index contributed by atoms with van der Waals surface area (Å²) in [6, 6.07) is 1.61. The fraction of sp³-hybridized carbons (Fsp3) is 0. The van der Waals surface area contributed by atoms with E-state index in [-0.39, 0.29) is 16.7 Å². The quantitative estimate of drug-likeness (QED) is 0.841. The van der Waals surface area contributed by atoms with Crippen molar-refractivity contribution in [1.82, 2.24) is 9.97 Å². The highest BCUT2D eigenvalue weighted by Gasteiger charge is 2.10. The third-order valence-electron chi connectivity index (χ3n) is 1.86. The molecule has 0 radical (unpaired) electrons. The highest BCUT2D eigenvalue weighted by atomic mass is 35.5. The monoisotopic (exact) mass is 259 g/mol. The summed E-state index contributed by atoms with van der Waals surface area (Å²) in [4.78, 5) is 7.53. The average Bonchev–Trinajstić information content (AvgIpc) is 2.26. The van der Waals surface area contributed by atoms with Crippen LogP contribution in [0.1, 0.15) is 0 Å². The lowest BCUT2D eigenvalue weighted by Crippen LogP contribution is -1.98. The smallest absolute Gasteiger partial charge is 0.194 e. The summed E-state index contributed by atoms with van der Waals surface area (Å²) in [6.07, 6.45) is 2.61. The van der Waals surface area contributed by atoms with Crippen LogP contribution in [0, 0.1) is 17.5 Å². The molecule has 0 spiro atoms. The number of anilines is 2. The molecule has 1 N–H and O–H groups in total. The van der Waals surface area contributed by atoms with Gasteiger partial charge in [0.2, 0.25) is 0 Å². The van der Waals surface area contributed by atoms with Gasteiger partial charge in [-0.2, -0.15) is 0 Å². The Balaban J connectivity index is 2.31. The Morgan fingerprint density at radius 1 is 1.06 bits per heavy atom. The first-order valence-electron chi connectivity index (χ1n) is 4.45. The highest BCUT2D eigenvalue weighted by molar-refractivity contribution is 6.29. The Morgan fingerprint density at radius 2 is 1.71 bits per heavy atom. The molecule has 0 atom stereocenters. The molecule has 17 heavy (non-hydrogen) atoms. The Hall–Kier alpha value is -1.82. The molecule has 1 aromatic heterocycles. The molecular weight excluding hydrogens is 255 g/mol. The first-order chi connectivity index (χ1) is 8.06.